The summed E-state index contributed by atoms with van der Waals surface area (Å²) in [5.74, 6) is 0.445. The van der Waals surface area contributed by atoms with Crippen molar-refractivity contribution in [1.29, 1.82) is 0 Å². The fourth-order valence-electron chi connectivity index (χ4n) is 2.71. The van der Waals surface area contributed by atoms with Crippen LogP contribution < -0.4 is 14.4 Å². The number of hydrogen-bond acceptors (Lipinski definition) is 5. The third-order valence-electron chi connectivity index (χ3n) is 4.04. The molecular formula is C17H19N3O4S. The fourth-order valence-corrected chi connectivity index (χ4v) is 3.75. The van der Waals surface area contributed by atoms with Crippen molar-refractivity contribution in [2.24, 2.45) is 0 Å². The van der Waals surface area contributed by atoms with E-state index in [1.54, 1.807) is 35.5 Å². The fraction of sp³-hybridized carbons (Fsp3) is 0.294. The minimum absolute atomic E-state index is 0.0300. The Labute approximate surface area is 146 Å². The minimum atomic E-state index is -3.72. The first-order valence-electron chi connectivity index (χ1n) is 7.88. The lowest BCUT2D eigenvalue weighted by Gasteiger charge is -2.20. The Kier molecular flexibility index (Phi) is 5.00. The average Bonchev–Trinajstić information content (AvgIpc) is 3.06. The molecule has 1 N–H and O–H groups in total. The highest BCUT2D eigenvalue weighted by Gasteiger charge is 2.26. The molecule has 7 nitrogen and oxygen atoms in total. The maximum Gasteiger partial charge on any atom is 0.240 e. The van der Waals surface area contributed by atoms with E-state index in [4.69, 9.17) is 4.74 Å². The van der Waals surface area contributed by atoms with E-state index in [2.05, 4.69) is 9.71 Å². The van der Waals surface area contributed by atoms with Gasteiger partial charge in [-0.1, -0.05) is 0 Å². The molecule has 0 spiro atoms. The number of carbonyl (C=O) groups excluding carboxylic acids is 1. The van der Waals surface area contributed by atoms with Crippen LogP contribution in [-0.4, -0.2) is 33.0 Å². The van der Waals surface area contributed by atoms with Crippen molar-refractivity contribution in [3.05, 3.63) is 48.3 Å². The summed E-state index contributed by atoms with van der Waals surface area (Å²) in [5, 5.41) is 0. The van der Waals surface area contributed by atoms with Crippen LogP contribution in [0.3, 0.4) is 0 Å². The molecule has 1 amide bonds. The van der Waals surface area contributed by atoms with Gasteiger partial charge in [-0.3, -0.25) is 9.78 Å². The Morgan fingerprint density at radius 2 is 2.00 bits per heavy atom. The molecule has 0 aliphatic carbocycles. The van der Waals surface area contributed by atoms with E-state index in [1.165, 1.54) is 19.2 Å². The SMILES string of the molecule is COc1ccc(S(=O)(=O)NCc2ccncc2)cc1N1CCCC1=O. The molecule has 1 saturated heterocycles. The van der Waals surface area contributed by atoms with E-state index in [0.717, 1.165) is 12.0 Å². The quantitative estimate of drug-likeness (QED) is 0.846. The summed E-state index contributed by atoms with van der Waals surface area (Å²) in [7, 11) is -2.22. The smallest absolute Gasteiger partial charge is 0.240 e. The number of nitrogens with zero attached hydrogens (tertiary/aromatic N) is 2. The second-order valence-electron chi connectivity index (χ2n) is 5.66. The average molecular weight is 361 g/mol. The van der Waals surface area contributed by atoms with Gasteiger partial charge in [-0.05, 0) is 42.3 Å². The van der Waals surface area contributed by atoms with Crippen molar-refractivity contribution < 1.29 is 17.9 Å². The van der Waals surface area contributed by atoms with Gasteiger partial charge in [0, 0.05) is 31.9 Å². The molecular weight excluding hydrogens is 342 g/mol. The summed E-state index contributed by atoms with van der Waals surface area (Å²) < 4.78 is 33.0. The monoisotopic (exact) mass is 361 g/mol. The van der Waals surface area contributed by atoms with E-state index in [1.807, 2.05) is 0 Å². The summed E-state index contributed by atoms with van der Waals surface area (Å²) in [4.78, 5) is 17.6. The number of carbonyl (C=O) groups is 1. The molecule has 1 aliphatic rings. The van der Waals surface area contributed by atoms with Crippen molar-refractivity contribution in [2.45, 2.75) is 24.3 Å². The van der Waals surface area contributed by atoms with E-state index < -0.39 is 10.0 Å². The van der Waals surface area contributed by atoms with E-state index >= 15 is 0 Å². The van der Waals surface area contributed by atoms with Gasteiger partial charge in [-0.15, -0.1) is 0 Å². The highest BCUT2D eigenvalue weighted by Crippen LogP contribution is 2.33. The van der Waals surface area contributed by atoms with Crippen LogP contribution in [0.5, 0.6) is 5.75 Å². The third kappa shape index (κ3) is 3.80. The summed E-state index contributed by atoms with van der Waals surface area (Å²) >= 11 is 0. The number of rotatable bonds is 6. The van der Waals surface area contributed by atoms with Crippen molar-refractivity contribution in [2.75, 3.05) is 18.6 Å². The van der Waals surface area contributed by atoms with E-state index in [-0.39, 0.29) is 17.3 Å². The molecule has 25 heavy (non-hydrogen) atoms. The number of anilines is 1. The van der Waals surface area contributed by atoms with Crippen molar-refractivity contribution in [3.63, 3.8) is 0 Å². The van der Waals surface area contributed by atoms with E-state index in [0.29, 0.717) is 24.4 Å². The van der Waals surface area contributed by atoms with Crippen molar-refractivity contribution in [1.82, 2.24) is 9.71 Å². The van der Waals surface area contributed by atoms with E-state index in [9.17, 15) is 13.2 Å². The van der Waals surface area contributed by atoms with Gasteiger partial charge in [0.15, 0.2) is 0 Å². The molecule has 3 rings (SSSR count). The van der Waals surface area contributed by atoms with Crippen molar-refractivity contribution >= 4 is 21.6 Å². The molecule has 1 fully saturated rings. The second-order valence-corrected chi connectivity index (χ2v) is 7.43. The van der Waals surface area contributed by atoms with Gasteiger partial charge in [0.25, 0.3) is 0 Å². The number of nitrogens with one attached hydrogen (secondary N) is 1. The zero-order valence-electron chi connectivity index (χ0n) is 13.8. The van der Waals surface area contributed by atoms with Crippen molar-refractivity contribution in [3.8, 4) is 5.75 Å². The maximum absolute atomic E-state index is 12.6. The van der Waals surface area contributed by atoms with Crippen LogP contribution in [0.4, 0.5) is 5.69 Å². The number of sulfonamides is 1. The Hall–Kier alpha value is -2.45. The summed E-state index contributed by atoms with van der Waals surface area (Å²) in [6, 6.07) is 8.01. The van der Waals surface area contributed by atoms with Gasteiger partial charge in [-0.2, -0.15) is 0 Å². The van der Waals surface area contributed by atoms with Gasteiger partial charge in [0.2, 0.25) is 15.9 Å². The Bertz CT molecular complexity index is 869. The lowest BCUT2D eigenvalue weighted by atomic mass is 10.2. The predicted octanol–water partition coefficient (Wildman–Crippen LogP) is 1.70. The highest BCUT2D eigenvalue weighted by atomic mass is 32.2. The first kappa shape index (κ1) is 17.4. The molecule has 2 heterocycles. The number of pyridine rings is 1. The van der Waals surface area contributed by atoms with Crippen LogP contribution in [0.15, 0.2) is 47.6 Å². The number of ether oxygens (including phenoxy) is 1. The van der Waals surface area contributed by atoms with Gasteiger partial charge >= 0.3 is 0 Å². The van der Waals surface area contributed by atoms with Gasteiger partial charge < -0.3 is 9.64 Å². The van der Waals surface area contributed by atoms with Crippen LogP contribution in [0.1, 0.15) is 18.4 Å². The van der Waals surface area contributed by atoms with Gasteiger partial charge in [0.05, 0.1) is 17.7 Å². The largest absolute Gasteiger partial charge is 0.495 e. The Morgan fingerprint density at radius 3 is 2.64 bits per heavy atom. The standard InChI is InChI=1S/C17H19N3O4S/c1-24-16-5-4-14(11-15(16)20-10-2-3-17(20)21)25(22,23)19-12-13-6-8-18-9-7-13/h4-9,11,19H,2-3,10,12H2,1H3. The van der Waals surface area contributed by atoms with Crippen LogP contribution in [0.25, 0.3) is 0 Å². The topological polar surface area (TPSA) is 88.6 Å². The number of benzene rings is 1. The molecule has 0 radical (unpaired) electrons. The third-order valence-corrected chi connectivity index (χ3v) is 5.44. The number of hydrogen-bond donors (Lipinski definition) is 1. The number of methoxy groups -OCH3 is 1. The zero-order valence-corrected chi connectivity index (χ0v) is 14.6. The summed E-state index contributed by atoms with van der Waals surface area (Å²) in [5.41, 5.74) is 1.29. The normalized spacial score (nSPS) is 14.8. The minimum Gasteiger partial charge on any atom is -0.495 e. The highest BCUT2D eigenvalue weighted by molar-refractivity contribution is 7.89. The molecule has 0 atom stereocenters. The lowest BCUT2D eigenvalue weighted by Crippen LogP contribution is -2.26. The molecule has 1 aliphatic heterocycles. The van der Waals surface area contributed by atoms with Gasteiger partial charge in [0.1, 0.15) is 5.75 Å². The first-order valence-corrected chi connectivity index (χ1v) is 9.36. The Morgan fingerprint density at radius 1 is 1.24 bits per heavy atom. The van der Waals surface area contributed by atoms with Gasteiger partial charge in [-0.25, -0.2) is 13.1 Å². The molecule has 0 saturated carbocycles. The lowest BCUT2D eigenvalue weighted by molar-refractivity contribution is -0.117. The maximum atomic E-state index is 12.6. The predicted molar refractivity (Wildman–Crippen MR) is 92.8 cm³/mol. The van der Waals surface area contributed by atoms with Crippen LogP contribution >= 0.6 is 0 Å². The second kappa shape index (κ2) is 7.20. The molecule has 0 unspecified atom stereocenters. The Balaban J connectivity index is 1.87. The molecule has 0 bridgehead atoms. The molecule has 8 heteroatoms. The molecule has 1 aromatic heterocycles. The van der Waals surface area contributed by atoms with Crippen LogP contribution in [-0.2, 0) is 21.4 Å². The first-order chi connectivity index (χ1) is 12.0. The zero-order chi connectivity index (χ0) is 17.9. The molecule has 2 aromatic rings. The number of aromatic nitrogens is 1. The van der Waals surface area contributed by atoms with Crippen LogP contribution in [0.2, 0.25) is 0 Å². The van der Waals surface area contributed by atoms with Crippen LogP contribution in [0, 0.1) is 0 Å². The summed E-state index contributed by atoms with van der Waals surface area (Å²) in [6.45, 7) is 0.720. The molecule has 1 aromatic carbocycles. The molecule has 132 valence electrons. The summed E-state index contributed by atoms with van der Waals surface area (Å²) in [6.07, 6.45) is 4.42. The number of amides is 1.